The van der Waals surface area contributed by atoms with E-state index < -0.39 is 0 Å². The molecule has 0 bridgehead atoms. The molecule has 0 amide bonds. The third-order valence-corrected chi connectivity index (χ3v) is 2.69. The Morgan fingerprint density at radius 2 is 2.31 bits per heavy atom. The zero-order valence-electron chi connectivity index (χ0n) is 9.95. The first-order valence-corrected chi connectivity index (χ1v) is 5.50. The highest BCUT2D eigenvalue weighted by molar-refractivity contribution is 5.37. The van der Waals surface area contributed by atoms with E-state index in [-0.39, 0.29) is 0 Å². The molecule has 0 fully saturated rings. The Bertz CT molecular complexity index is 470. The number of anilines is 1. The summed E-state index contributed by atoms with van der Waals surface area (Å²) in [7, 11) is 1.94. The van der Waals surface area contributed by atoms with Gasteiger partial charge in [0.25, 0.3) is 0 Å². The minimum atomic E-state index is 0.696. The van der Waals surface area contributed by atoms with Crippen LogP contribution in [0.2, 0.25) is 0 Å². The molecule has 0 unspecified atom stereocenters. The van der Waals surface area contributed by atoms with Crippen molar-refractivity contribution in [3.63, 3.8) is 0 Å². The monoisotopic (exact) mass is 219 g/mol. The Kier molecular flexibility index (Phi) is 2.99. The van der Waals surface area contributed by atoms with Gasteiger partial charge in [-0.1, -0.05) is 6.92 Å². The smallest absolute Gasteiger partial charge is 0.125 e. The molecule has 2 rings (SSSR count). The second kappa shape index (κ2) is 4.43. The summed E-state index contributed by atoms with van der Waals surface area (Å²) in [6.07, 6.45) is 2.67. The zero-order valence-corrected chi connectivity index (χ0v) is 9.95. The van der Waals surface area contributed by atoms with Gasteiger partial charge in [-0.2, -0.15) is 5.10 Å². The van der Waals surface area contributed by atoms with Crippen molar-refractivity contribution in [2.45, 2.75) is 26.8 Å². The number of nitrogens with zero attached hydrogens (tertiary/aromatic N) is 2. The maximum Gasteiger partial charge on any atom is 0.125 e. The van der Waals surface area contributed by atoms with Crippen LogP contribution in [0.4, 0.5) is 5.82 Å². The molecule has 0 aliphatic rings. The fourth-order valence-corrected chi connectivity index (χ4v) is 1.62. The van der Waals surface area contributed by atoms with E-state index in [1.165, 1.54) is 5.56 Å². The van der Waals surface area contributed by atoms with Gasteiger partial charge in [-0.3, -0.25) is 4.68 Å². The Morgan fingerprint density at radius 1 is 1.50 bits per heavy atom. The van der Waals surface area contributed by atoms with Crippen molar-refractivity contribution in [3.05, 3.63) is 35.4 Å². The molecule has 2 aromatic rings. The summed E-state index contributed by atoms with van der Waals surface area (Å²) in [5, 5.41) is 7.69. The fourth-order valence-electron chi connectivity index (χ4n) is 1.62. The molecule has 2 aromatic heterocycles. The van der Waals surface area contributed by atoms with Crippen LogP contribution < -0.4 is 5.32 Å². The molecule has 2 heterocycles. The lowest BCUT2D eigenvalue weighted by molar-refractivity contribution is 0.514. The summed E-state index contributed by atoms with van der Waals surface area (Å²) in [5.74, 6) is 1.99. The maximum atomic E-state index is 5.37. The van der Waals surface area contributed by atoms with Crippen LogP contribution in [0.1, 0.15) is 23.9 Å². The number of furan rings is 1. The van der Waals surface area contributed by atoms with Gasteiger partial charge in [-0.05, 0) is 25.0 Å². The lowest BCUT2D eigenvalue weighted by Crippen LogP contribution is -2.04. The van der Waals surface area contributed by atoms with Crippen LogP contribution in [0.15, 0.2) is 22.8 Å². The molecular formula is C12H17N3O. The highest BCUT2D eigenvalue weighted by Crippen LogP contribution is 2.14. The zero-order chi connectivity index (χ0) is 11.5. The molecule has 0 saturated carbocycles. The van der Waals surface area contributed by atoms with Crippen molar-refractivity contribution >= 4 is 5.82 Å². The first-order chi connectivity index (χ1) is 7.70. The minimum Gasteiger partial charge on any atom is -0.467 e. The quantitative estimate of drug-likeness (QED) is 0.859. The highest BCUT2D eigenvalue weighted by atomic mass is 16.3. The van der Waals surface area contributed by atoms with Crippen LogP contribution in [0, 0.1) is 6.92 Å². The van der Waals surface area contributed by atoms with Crippen LogP contribution in [-0.4, -0.2) is 9.78 Å². The van der Waals surface area contributed by atoms with Gasteiger partial charge in [0.05, 0.1) is 18.5 Å². The van der Waals surface area contributed by atoms with E-state index in [0.717, 1.165) is 23.7 Å². The normalized spacial score (nSPS) is 10.7. The Hall–Kier alpha value is -1.71. The highest BCUT2D eigenvalue weighted by Gasteiger charge is 2.05. The van der Waals surface area contributed by atoms with Gasteiger partial charge in [-0.15, -0.1) is 0 Å². The average Bonchev–Trinajstić information content (AvgIpc) is 2.82. The average molecular weight is 219 g/mol. The van der Waals surface area contributed by atoms with Gasteiger partial charge in [-0.25, -0.2) is 0 Å². The lowest BCUT2D eigenvalue weighted by atomic mass is 10.3. The number of aromatic nitrogens is 2. The topological polar surface area (TPSA) is 43.0 Å². The Morgan fingerprint density at radius 3 is 2.88 bits per heavy atom. The standard InChI is InChI=1S/C12H17N3O/c1-4-10-7-12(15(3)14-10)13-8-11-9(2)5-6-16-11/h5-7,13H,4,8H2,1-3H3. The van der Waals surface area contributed by atoms with Crippen molar-refractivity contribution in [3.8, 4) is 0 Å². The predicted molar refractivity (Wildman–Crippen MR) is 63.4 cm³/mol. The van der Waals surface area contributed by atoms with E-state index >= 15 is 0 Å². The molecule has 1 N–H and O–H groups in total. The van der Waals surface area contributed by atoms with Crippen LogP contribution in [0.3, 0.4) is 0 Å². The third-order valence-electron chi connectivity index (χ3n) is 2.69. The van der Waals surface area contributed by atoms with Crippen LogP contribution in [-0.2, 0) is 20.0 Å². The molecule has 0 radical (unpaired) electrons. The van der Waals surface area contributed by atoms with Gasteiger partial charge < -0.3 is 9.73 Å². The molecule has 0 aliphatic heterocycles. The van der Waals surface area contributed by atoms with Gasteiger partial charge in [0, 0.05) is 13.1 Å². The molecule has 0 saturated heterocycles. The molecule has 0 aromatic carbocycles. The molecule has 0 spiro atoms. The van der Waals surface area contributed by atoms with E-state index in [9.17, 15) is 0 Å². The molecular weight excluding hydrogens is 202 g/mol. The van der Waals surface area contributed by atoms with Crippen LogP contribution in [0.5, 0.6) is 0 Å². The van der Waals surface area contributed by atoms with E-state index in [1.807, 2.05) is 24.7 Å². The Labute approximate surface area is 95.3 Å². The largest absolute Gasteiger partial charge is 0.467 e. The first kappa shape index (κ1) is 10.8. The second-order valence-electron chi connectivity index (χ2n) is 3.88. The van der Waals surface area contributed by atoms with E-state index in [0.29, 0.717) is 6.54 Å². The minimum absolute atomic E-state index is 0.696. The summed E-state index contributed by atoms with van der Waals surface area (Å²) < 4.78 is 7.23. The number of rotatable bonds is 4. The van der Waals surface area contributed by atoms with Crippen molar-refractivity contribution in [2.24, 2.45) is 7.05 Å². The third kappa shape index (κ3) is 2.10. The fraction of sp³-hybridized carbons (Fsp3) is 0.417. The summed E-state index contributed by atoms with van der Waals surface area (Å²) in [4.78, 5) is 0. The summed E-state index contributed by atoms with van der Waals surface area (Å²) >= 11 is 0. The van der Waals surface area contributed by atoms with Crippen molar-refractivity contribution in [2.75, 3.05) is 5.32 Å². The van der Waals surface area contributed by atoms with E-state index in [4.69, 9.17) is 4.42 Å². The number of hydrogen-bond donors (Lipinski definition) is 1. The summed E-state index contributed by atoms with van der Waals surface area (Å²) in [6.45, 7) is 4.84. The second-order valence-corrected chi connectivity index (χ2v) is 3.88. The van der Waals surface area contributed by atoms with Crippen molar-refractivity contribution in [1.82, 2.24) is 9.78 Å². The molecule has 16 heavy (non-hydrogen) atoms. The molecule has 4 heteroatoms. The van der Waals surface area contributed by atoms with E-state index in [1.54, 1.807) is 6.26 Å². The molecule has 0 atom stereocenters. The van der Waals surface area contributed by atoms with Crippen molar-refractivity contribution < 1.29 is 4.42 Å². The summed E-state index contributed by atoms with van der Waals surface area (Å²) in [6, 6.07) is 4.04. The number of nitrogens with one attached hydrogen (secondary N) is 1. The maximum absolute atomic E-state index is 5.37. The predicted octanol–water partition coefficient (Wildman–Crippen LogP) is 2.50. The number of aryl methyl sites for hydroxylation is 3. The first-order valence-electron chi connectivity index (χ1n) is 5.50. The van der Waals surface area contributed by atoms with Gasteiger partial charge in [0.1, 0.15) is 11.6 Å². The Balaban J connectivity index is 2.04. The van der Waals surface area contributed by atoms with Crippen LogP contribution in [0.25, 0.3) is 0 Å². The van der Waals surface area contributed by atoms with Gasteiger partial charge in [0.15, 0.2) is 0 Å². The van der Waals surface area contributed by atoms with E-state index in [2.05, 4.69) is 23.4 Å². The lowest BCUT2D eigenvalue weighted by Gasteiger charge is -2.04. The summed E-state index contributed by atoms with van der Waals surface area (Å²) in [5.41, 5.74) is 2.27. The molecule has 4 nitrogen and oxygen atoms in total. The van der Waals surface area contributed by atoms with Crippen molar-refractivity contribution in [1.29, 1.82) is 0 Å². The number of hydrogen-bond acceptors (Lipinski definition) is 3. The molecule has 0 aliphatic carbocycles. The molecule has 86 valence electrons. The van der Waals surface area contributed by atoms with Gasteiger partial charge >= 0.3 is 0 Å². The SMILES string of the molecule is CCc1cc(NCc2occc2C)n(C)n1. The van der Waals surface area contributed by atoms with Crippen LogP contribution >= 0.6 is 0 Å². The van der Waals surface area contributed by atoms with Gasteiger partial charge in [0.2, 0.25) is 0 Å².